The normalized spacial score (nSPS) is 10.2. The summed E-state index contributed by atoms with van der Waals surface area (Å²) >= 11 is 1.88. The molecule has 0 saturated carbocycles. The van der Waals surface area contributed by atoms with Gasteiger partial charge in [0, 0.05) is 30.4 Å². The van der Waals surface area contributed by atoms with Crippen molar-refractivity contribution < 1.29 is 0 Å². The van der Waals surface area contributed by atoms with Crippen LogP contribution in [-0.2, 0) is 5.75 Å². The van der Waals surface area contributed by atoms with Gasteiger partial charge < -0.3 is 4.90 Å². The molecule has 0 aromatic heterocycles. The summed E-state index contributed by atoms with van der Waals surface area (Å²) in [5.41, 5.74) is 2.61. The van der Waals surface area contributed by atoms with Gasteiger partial charge in [0.1, 0.15) is 0 Å². The topological polar surface area (TPSA) is 3.24 Å². The van der Waals surface area contributed by atoms with Crippen LogP contribution in [0.1, 0.15) is 5.56 Å². The van der Waals surface area contributed by atoms with Gasteiger partial charge in [-0.15, -0.1) is 11.8 Å². The highest BCUT2D eigenvalue weighted by Gasteiger charge is 1.97. The van der Waals surface area contributed by atoms with Gasteiger partial charge in [-0.05, 0) is 29.8 Å². The smallest absolute Gasteiger partial charge is 0.0361 e. The van der Waals surface area contributed by atoms with E-state index in [9.17, 15) is 0 Å². The first-order valence-electron chi connectivity index (χ1n) is 5.70. The maximum atomic E-state index is 2.18. The molecule has 2 rings (SSSR count). The lowest BCUT2D eigenvalue weighted by Crippen LogP contribution is -2.07. The van der Waals surface area contributed by atoms with Crippen LogP contribution in [0, 0.1) is 0 Å². The van der Waals surface area contributed by atoms with Crippen LogP contribution in [0.25, 0.3) is 0 Å². The highest BCUT2D eigenvalue weighted by atomic mass is 32.2. The minimum Gasteiger partial charge on any atom is -0.378 e. The molecule has 88 valence electrons. The monoisotopic (exact) mass is 243 g/mol. The van der Waals surface area contributed by atoms with Crippen LogP contribution in [0.2, 0.25) is 0 Å². The Balaban J connectivity index is 1.96. The first kappa shape index (κ1) is 12.1. The number of rotatable bonds is 4. The van der Waals surface area contributed by atoms with Gasteiger partial charge in [0.05, 0.1) is 0 Å². The number of hydrogen-bond donors (Lipinski definition) is 0. The van der Waals surface area contributed by atoms with Crippen molar-refractivity contribution in [3.63, 3.8) is 0 Å². The molecule has 0 unspecified atom stereocenters. The SMILES string of the molecule is CN(C)c1ccc(SCc2ccccc2)cc1. The zero-order valence-electron chi connectivity index (χ0n) is 10.3. The average molecular weight is 243 g/mol. The van der Waals surface area contributed by atoms with Gasteiger partial charge in [0.25, 0.3) is 0 Å². The third-order valence-corrected chi connectivity index (χ3v) is 3.68. The van der Waals surface area contributed by atoms with E-state index in [0.29, 0.717) is 0 Å². The molecule has 0 aliphatic rings. The summed E-state index contributed by atoms with van der Waals surface area (Å²) in [5, 5.41) is 0. The van der Waals surface area contributed by atoms with E-state index in [4.69, 9.17) is 0 Å². The Bertz CT molecular complexity index is 448. The number of benzene rings is 2. The van der Waals surface area contributed by atoms with Gasteiger partial charge in [0.15, 0.2) is 0 Å². The van der Waals surface area contributed by atoms with Crippen molar-refractivity contribution in [2.24, 2.45) is 0 Å². The standard InChI is InChI=1S/C15H17NS/c1-16(2)14-8-10-15(11-9-14)17-12-13-6-4-3-5-7-13/h3-11H,12H2,1-2H3. The Morgan fingerprint density at radius 1 is 0.882 bits per heavy atom. The van der Waals surface area contributed by atoms with Gasteiger partial charge in [-0.2, -0.15) is 0 Å². The minimum absolute atomic E-state index is 1.03. The van der Waals surface area contributed by atoms with Crippen molar-refractivity contribution in [1.29, 1.82) is 0 Å². The van der Waals surface area contributed by atoms with Crippen LogP contribution in [-0.4, -0.2) is 14.1 Å². The fourth-order valence-corrected chi connectivity index (χ4v) is 2.44. The second-order valence-electron chi connectivity index (χ2n) is 4.16. The number of anilines is 1. The van der Waals surface area contributed by atoms with Crippen LogP contribution < -0.4 is 4.90 Å². The molecule has 0 saturated heterocycles. The lowest BCUT2D eigenvalue weighted by Gasteiger charge is -2.12. The van der Waals surface area contributed by atoms with E-state index < -0.39 is 0 Å². The predicted octanol–water partition coefficient (Wildman–Crippen LogP) is 4.04. The van der Waals surface area contributed by atoms with Crippen LogP contribution in [0.3, 0.4) is 0 Å². The molecule has 0 spiro atoms. The lowest BCUT2D eigenvalue weighted by atomic mass is 10.2. The van der Waals surface area contributed by atoms with Crippen molar-refractivity contribution in [2.45, 2.75) is 10.6 Å². The van der Waals surface area contributed by atoms with Crippen LogP contribution in [0.4, 0.5) is 5.69 Å². The van der Waals surface area contributed by atoms with Crippen molar-refractivity contribution in [2.75, 3.05) is 19.0 Å². The second kappa shape index (κ2) is 5.78. The number of thioether (sulfide) groups is 1. The first-order valence-corrected chi connectivity index (χ1v) is 6.68. The zero-order valence-corrected chi connectivity index (χ0v) is 11.1. The summed E-state index contributed by atoms with van der Waals surface area (Å²) in [6, 6.07) is 19.3. The largest absolute Gasteiger partial charge is 0.378 e. The molecule has 17 heavy (non-hydrogen) atoms. The molecule has 0 heterocycles. The zero-order chi connectivity index (χ0) is 12.1. The van der Waals surface area contributed by atoms with Crippen molar-refractivity contribution in [1.82, 2.24) is 0 Å². The highest BCUT2D eigenvalue weighted by molar-refractivity contribution is 7.98. The second-order valence-corrected chi connectivity index (χ2v) is 5.21. The van der Waals surface area contributed by atoms with Gasteiger partial charge in [-0.1, -0.05) is 30.3 Å². The van der Waals surface area contributed by atoms with E-state index in [-0.39, 0.29) is 0 Å². The summed E-state index contributed by atoms with van der Waals surface area (Å²) in [6.07, 6.45) is 0. The number of hydrogen-bond acceptors (Lipinski definition) is 2. The van der Waals surface area contributed by atoms with Gasteiger partial charge >= 0.3 is 0 Å². The van der Waals surface area contributed by atoms with E-state index in [1.165, 1.54) is 16.1 Å². The van der Waals surface area contributed by atoms with E-state index in [2.05, 4.69) is 73.6 Å². The fourth-order valence-electron chi connectivity index (χ4n) is 1.58. The minimum atomic E-state index is 1.03. The molecule has 2 aromatic rings. The third kappa shape index (κ3) is 3.53. The molecular weight excluding hydrogens is 226 g/mol. The van der Waals surface area contributed by atoms with Gasteiger partial charge in [-0.25, -0.2) is 0 Å². The fraction of sp³-hybridized carbons (Fsp3) is 0.200. The molecule has 0 aliphatic heterocycles. The van der Waals surface area contributed by atoms with Crippen molar-refractivity contribution >= 4 is 17.4 Å². The first-order chi connectivity index (χ1) is 8.25. The summed E-state index contributed by atoms with van der Waals surface area (Å²) in [7, 11) is 4.12. The van der Waals surface area contributed by atoms with E-state index >= 15 is 0 Å². The van der Waals surface area contributed by atoms with Gasteiger partial charge in [-0.3, -0.25) is 0 Å². The molecule has 0 N–H and O–H groups in total. The van der Waals surface area contributed by atoms with Crippen LogP contribution in [0.5, 0.6) is 0 Å². The Morgan fingerprint density at radius 3 is 2.12 bits per heavy atom. The summed E-state index contributed by atoms with van der Waals surface area (Å²) < 4.78 is 0. The Hall–Kier alpha value is -1.41. The van der Waals surface area contributed by atoms with Crippen LogP contribution in [0.15, 0.2) is 59.5 Å². The molecule has 0 atom stereocenters. The summed E-state index contributed by atoms with van der Waals surface area (Å²) in [5.74, 6) is 1.03. The molecule has 0 aliphatic carbocycles. The van der Waals surface area contributed by atoms with E-state index in [0.717, 1.165) is 5.75 Å². The Kier molecular flexibility index (Phi) is 4.10. The molecule has 0 bridgehead atoms. The molecule has 0 fully saturated rings. The maximum absolute atomic E-state index is 2.18. The number of nitrogens with zero attached hydrogens (tertiary/aromatic N) is 1. The molecular formula is C15H17NS. The van der Waals surface area contributed by atoms with Gasteiger partial charge in [0.2, 0.25) is 0 Å². The maximum Gasteiger partial charge on any atom is 0.0361 e. The summed E-state index contributed by atoms with van der Waals surface area (Å²) in [6.45, 7) is 0. The molecule has 2 heteroatoms. The predicted molar refractivity (Wildman–Crippen MR) is 76.8 cm³/mol. The van der Waals surface area contributed by atoms with Crippen molar-refractivity contribution in [3.05, 3.63) is 60.2 Å². The van der Waals surface area contributed by atoms with Crippen LogP contribution >= 0.6 is 11.8 Å². The van der Waals surface area contributed by atoms with E-state index in [1.807, 2.05) is 11.8 Å². The molecule has 1 nitrogen and oxygen atoms in total. The molecule has 0 amide bonds. The summed E-state index contributed by atoms with van der Waals surface area (Å²) in [4.78, 5) is 3.44. The quantitative estimate of drug-likeness (QED) is 0.745. The lowest BCUT2D eigenvalue weighted by molar-refractivity contribution is 1.13. The third-order valence-electron chi connectivity index (χ3n) is 2.60. The van der Waals surface area contributed by atoms with Crippen molar-refractivity contribution in [3.8, 4) is 0 Å². The highest BCUT2D eigenvalue weighted by Crippen LogP contribution is 2.24. The molecule has 0 radical (unpaired) electrons. The average Bonchev–Trinajstić information content (AvgIpc) is 2.38. The van der Waals surface area contributed by atoms with E-state index in [1.54, 1.807) is 0 Å². The molecule has 2 aromatic carbocycles. The Morgan fingerprint density at radius 2 is 1.53 bits per heavy atom. The Labute approximate surface area is 107 Å².